The highest BCUT2D eigenvalue weighted by atomic mass is 32.1. The average molecular weight is 361 g/mol. The second kappa shape index (κ2) is 6.90. The monoisotopic (exact) mass is 361 g/mol. The van der Waals surface area contributed by atoms with Crippen molar-refractivity contribution in [1.82, 2.24) is 14.5 Å². The van der Waals surface area contributed by atoms with Gasteiger partial charge in [-0.2, -0.15) is 0 Å². The largest absolute Gasteiger partial charge is 0.388 e. The van der Waals surface area contributed by atoms with Crippen molar-refractivity contribution in [3.63, 3.8) is 0 Å². The fourth-order valence-electron chi connectivity index (χ4n) is 3.60. The zero-order valence-corrected chi connectivity index (χ0v) is 15.0. The van der Waals surface area contributed by atoms with Crippen LogP contribution < -0.4 is 0 Å². The van der Waals surface area contributed by atoms with Crippen molar-refractivity contribution in [2.75, 3.05) is 19.7 Å². The Morgan fingerprint density at radius 2 is 2.24 bits per heavy atom. The zero-order chi connectivity index (χ0) is 17.3. The standard InChI is InChI=1S/C18H23N3O3S/c22-17(16-4-3-15(25-16)14-2-1-11-24-14)21-8-5-18(23,6-9-21)12-20-10-7-19-13-20/h3-4,7,10,13-14,23H,1-2,5-6,8-9,11-12H2/t14-/m1/s1. The van der Waals surface area contributed by atoms with Gasteiger partial charge in [0.15, 0.2) is 0 Å². The van der Waals surface area contributed by atoms with E-state index < -0.39 is 5.60 Å². The minimum atomic E-state index is -0.768. The van der Waals surface area contributed by atoms with Crippen LogP contribution in [0.25, 0.3) is 0 Å². The number of amides is 1. The molecule has 4 heterocycles. The number of hydrogen-bond acceptors (Lipinski definition) is 5. The van der Waals surface area contributed by atoms with Crippen molar-refractivity contribution in [1.29, 1.82) is 0 Å². The zero-order valence-electron chi connectivity index (χ0n) is 14.1. The lowest BCUT2D eigenvalue weighted by Crippen LogP contribution is -2.48. The number of carbonyl (C=O) groups excluding carboxylic acids is 1. The highest BCUT2D eigenvalue weighted by Crippen LogP contribution is 2.34. The Kier molecular flexibility index (Phi) is 4.62. The summed E-state index contributed by atoms with van der Waals surface area (Å²) in [5.74, 6) is 0.0685. The summed E-state index contributed by atoms with van der Waals surface area (Å²) in [6.07, 6.45) is 8.74. The van der Waals surface area contributed by atoms with Crippen molar-refractivity contribution < 1.29 is 14.6 Å². The maximum absolute atomic E-state index is 12.8. The first-order valence-corrected chi connectivity index (χ1v) is 9.63. The van der Waals surface area contributed by atoms with Crippen LogP contribution in [0.1, 0.15) is 46.3 Å². The van der Waals surface area contributed by atoms with Crippen LogP contribution in [0.3, 0.4) is 0 Å². The van der Waals surface area contributed by atoms with Crippen molar-refractivity contribution in [3.8, 4) is 0 Å². The number of aliphatic hydroxyl groups is 1. The number of aromatic nitrogens is 2. The molecule has 1 N–H and O–H groups in total. The predicted octanol–water partition coefficient (Wildman–Crippen LogP) is 2.46. The number of piperidine rings is 1. The third-order valence-electron chi connectivity index (χ3n) is 5.10. The normalized spacial score (nSPS) is 23.1. The summed E-state index contributed by atoms with van der Waals surface area (Å²) in [4.78, 5) is 20.5. The lowest BCUT2D eigenvalue weighted by molar-refractivity contribution is -0.0291. The molecule has 0 aromatic carbocycles. The second-order valence-corrected chi connectivity index (χ2v) is 8.07. The van der Waals surface area contributed by atoms with E-state index in [9.17, 15) is 9.90 Å². The van der Waals surface area contributed by atoms with E-state index in [1.807, 2.05) is 27.8 Å². The van der Waals surface area contributed by atoms with Gasteiger partial charge in [-0.25, -0.2) is 4.98 Å². The highest BCUT2D eigenvalue weighted by molar-refractivity contribution is 7.14. The van der Waals surface area contributed by atoms with Gasteiger partial charge < -0.3 is 19.3 Å². The Hall–Kier alpha value is -1.70. The van der Waals surface area contributed by atoms with E-state index in [0.29, 0.717) is 32.5 Å². The first kappa shape index (κ1) is 16.8. The first-order valence-electron chi connectivity index (χ1n) is 8.82. The summed E-state index contributed by atoms with van der Waals surface area (Å²) >= 11 is 1.54. The third-order valence-corrected chi connectivity index (χ3v) is 6.27. The molecule has 4 rings (SSSR count). The Labute approximate surface area is 151 Å². The molecule has 0 radical (unpaired) electrons. The van der Waals surface area contributed by atoms with E-state index >= 15 is 0 Å². The summed E-state index contributed by atoms with van der Waals surface area (Å²) in [5, 5.41) is 10.8. The molecule has 0 bridgehead atoms. The SMILES string of the molecule is O=C(c1ccc([C@H]2CCCO2)s1)N1CCC(O)(Cn2ccnc2)CC1. The minimum absolute atomic E-state index is 0.0685. The maximum Gasteiger partial charge on any atom is 0.263 e. The van der Waals surface area contributed by atoms with Crippen molar-refractivity contribution in [3.05, 3.63) is 40.6 Å². The molecule has 6 nitrogen and oxygen atoms in total. The smallest absolute Gasteiger partial charge is 0.263 e. The molecule has 7 heteroatoms. The van der Waals surface area contributed by atoms with E-state index in [0.717, 1.165) is 29.2 Å². The van der Waals surface area contributed by atoms with Gasteiger partial charge >= 0.3 is 0 Å². The molecule has 2 aliphatic rings. The number of carbonyl (C=O) groups is 1. The van der Waals surface area contributed by atoms with E-state index in [4.69, 9.17) is 4.74 Å². The summed E-state index contributed by atoms with van der Waals surface area (Å²) in [6, 6.07) is 3.93. The fraction of sp³-hybridized carbons (Fsp3) is 0.556. The van der Waals surface area contributed by atoms with Crippen LogP contribution in [0.15, 0.2) is 30.9 Å². The molecule has 134 valence electrons. The predicted molar refractivity (Wildman–Crippen MR) is 94.6 cm³/mol. The molecule has 2 saturated heterocycles. The number of imidazole rings is 1. The molecule has 0 saturated carbocycles. The van der Waals surface area contributed by atoms with Crippen LogP contribution in [0.4, 0.5) is 0 Å². The molecule has 0 spiro atoms. The summed E-state index contributed by atoms with van der Waals surface area (Å²) in [7, 11) is 0. The van der Waals surface area contributed by atoms with Gasteiger partial charge in [0.25, 0.3) is 5.91 Å². The number of ether oxygens (including phenoxy) is 1. The van der Waals surface area contributed by atoms with Crippen LogP contribution in [-0.2, 0) is 11.3 Å². The second-order valence-electron chi connectivity index (χ2n) is 6.96. The fourth-order valence-corrected chi connectivity index (χ4v) is 4.66. The molecule has 0 aliphatic carbocycles. The van der Waals surface area contributed by atoms with Crippen LogP contribution >= 0.6 is 11.3 Å². The molecular weight excluding hydrogens is 338 g/mol. The molecule has 1 atom stereocenters. The van der Waals surface area contributed by atoms with Gasteiger partial charge in [0.05, 0.1) is 29.5 Å². The molecule has 25 heavy (non-hydrogen) atoms. The molecule has 2 aliphatic heterocycles. The Morgan fingerprint density at radius 3 is 2.92 bits per heavy atom. The van der Waals surface area contributed by atoms with Crippen LogP contribution in [0, 0.1) is 0 Å². The number of rotatable bonds is 4. The van der Waals surface area contributed by atoms with Crippen molar-refractivity contribution >= 4 is 17.2 Å². The molecule has 2 aromatic heterocycles. The molecule has 2 fully saturated rings. The van der Waals surface area contributed by atoms with Gasteiger partial charge in [0.1, 0.15) is 0 Å². The first-order chi connectivity index (χ1) is 12.1. The Bertz CT molecular complexity index is 714. The van der Waals surface area contributed by atoms with Gasteiger partial charge in [-0.15, -0.1) is 11.3 Å². The van der Waals surface area contributed by atoms with Crippen molar-refractivity contribution in [2.45, 2.75) is 43.9 Å². The lowest BCUT2D eigenvalue weighted by Gasteiger charge is -2.38. The van der Waals surface area contributed by atoms with Gasteiger partial charge in [0.2, 0.25) is 0 Å². The number of likely N-dealkylation sites (tertiary alicyclic amines) is 1. The van der Waals surface area contributed by atoms with Crippen LogP contribution in [-0.4, -0.2) is 50.8 Å². The highest BCUT2D eigenvalue weighted by Gasteiger charge is 2.35. The van der Waals surface area contributed by atoms with E-state index in [-0.39, 0.29) is 12.0 Å². The maximum atomic E-state index is 12.8. The topological polar surface area (TPSA) is 67.6 Å². The molecule has 2 aromatic rings. The van der Waals surface area contributed by atoms with Gasteiger partial charge in [-0.1, -0.05) is 0 Å². The summed E-state index contributed by atoms with van der Waals surface area (Å²) in [6.45, 7) is 2.50. The van der Waals surface area contributed by atoms with E-state index in [1.54, 1.807) is 23.9 Å². The minimum Gasteiger partial charge on any atom is -0.388 e. The van der Waals surface area contributed by atoms with Crippen LogP contribution in [0.5, 0.6) is 0 Å². The van der Waals surface area contributed by atoms with Gasteiger partial charge in [0, 0.05) is 37.0 Å². The Balaban J connectivity index is 1.36. The van der Waals surface area contributed by atoms with Crippen molar-refractivity contribution in [2.24, 2.45) is 0 Å². The third kappa shape index (κ3) is 3.63. The van der Waals surface area contributed by atoms with E-state index in [2.05, 4.69) is 4.98 Å². The quantitative estimate of drug-likeness (QED) is 0.908. The summed E-state index contributed by atoms with van der Waals surface area (Å²) < 4.78 is 7.59. The lowest BCUT2D eigenvalue weighted by atomic mass is 9.91. The number of nitrogens with zero attached hydrogens (tertiary/aromatic N) is 3. The van der Waals surface area contributed by atoms with Gasteiger partial charge in [-0.3, -0.25) is 4.79 Å². The summed E-state index contributed by atoms with van der Waals surface area (Å²) in [5.41, 5.74) is -0.768. The van der Waals surface area contributed by atoms with Crippen LogP contribution in [0.2, 0.25) is 0 Å². The number of thiophene rings is 1. The molecule has 1 amide bonds. The average Bonchev–Trinajstić information content (AvgIpc) is 3.36. The molecule has 0 unspecified atom stereocenters. The van der Waals surface area contributed by atoms with E-state index in [1.165, 1.54) is 0 Å². The Morgan fingerprint density at radius 1 is 1.40 bits per heavy atom. The molecular formula is C18H23N3O3S. The number of hydrogen-bond donors (Lipinski definition) is 1. The van der Waals surface area contributed by atoms with Gasteiger partial charge in [-0.05, 0) is 37.8 Å².